The molecule has 36 heavy (non-hydrogen) atoms. The number of aromatic nitrogens is 2. The number of nitrogens with one attached hydrogen (secondary N) is 1. The van der Waals surface area contributed by atoms with Crippen molar-refractivity contribution in [2.75, 3.05) is 11.9 Å². The highest BCUT2D eigenvalue weighted by Crippen LogP contribution is 2.32. The highest BCUT2D eigenvalue weighted by atomic mass is 32.2. The van der Waals surface area contributed by atoms with E-state index in [-0.39, 0.29) is 24.0 Å². The number of carbonyl (C=O) groups excluding carboxylic acids is 3. The van der Waals surface area contributed by atoms with Crippen LogP contribution in [0.25, 0.3) is 0 Å². The van der Waals surface area contributed by atoms with Crippen LogP contribution < -0.4 is 5.32 Å². The molecule has 0 unspecified atom stereocenters. The number of esters is 1. The van der Waals surface area contributed by atoms with E-state index in [4.69, 9.17) is 4.74 Å². The van der Waals surface area contributed by atoms with Gasteiger partial charge in [0.1, 0.15) is 0 Å². The molecule has 0 aliphatic carbocycles. The number of nitrogens with zero attached hydrogens (tertiary/aromatic N) is 4. The first-order chi connectivity index (χ1) is 17.5. The van der Waals surface area contributed by atoms with Crippen molar-refractivity contribution in [2.45, 2.75) is 20.0 Å². The predicted molar refractivity (Wildman–Crippen MR) is 137 cm³/mol. The van der Waals surface area contributed by atoms with Crippen molar-refractivity contribution in [1.29, 1.82) is 0 Å². The Bertz CT molecular complexity index is 1290. The fourth-order valence-corrected chi connectivity index (χ4v) is 4.24. The van der Waals surface area contributed by atoms with Crippen molar-refractivity contribution in [3.63, 3.8) is 0 Å². The van der Waals surface area contributed by atoms with Crippen molar-refractivity contribution in [2.24, 2.45) is 4.99 Å². The third-order valence-electron chi connectivity index (χ3n) is 5.00. The first-order valence-electron chi connectivity index (χ1n) is 11.2. The molecule has 9 nitrogen and oxygen atoms in total. The fourth-order valence-electron chi connectivity index (χ4n) is 3.29. The smallest absolute Gasteiger partial charge is 0.338 e. The van der Waals surface area contributed by atoms with Crippen molar-refractivity contribution in [3.05, 3.63) is 101 Å². The minimum Gasteiger partial charge on any atom is -0.462 e. The van der Waals surface area contributed by atoms with Crippen LogP contribution in [-0.4, -0.2) is 44.4 Å². The summed E-state index contributed by atoms with van der Waals surface area (Å²) in [5, 5.41) is 3.21. The summed E-state index contributed by atoms with van der Waals surface area (Å²) < 4.78 is 4.96. The Kier molecular flexibility index (Phi) is 8.20. The molecule has 182 valence electrons. The minimum absolute atomic E-state index is 0.254. The molecule has 1 fully saturated rings. The summed E-state index contributed by atoms with van der Waals surface area (Å²) in [6, 6.07) is 13.7. The summed E-state index contributed by atoms with van der Waals surface area (Å²) in [5.74, 6) is -1.22. The Morgan fingerprint density at radius 3 is 2.39 bits per heavy atom. The van der Waals surface area contributed by atoms with E-state index in [1.807, 2.05) is 18.2 Å². The number of amides is 2. The molecule has 2 amide bonds. The van der Waals surface area contributed by atoms with E-state index in [9.17, 15) is 14.4 Å². The molecule has 0 saturated carbocycles. The van der Waals surface area contributed by atoms with E-state index >= 15 is 0 Å². The first kappa shape index (κ1) is 24.8. The van der Waals surface area contributed by atoms with Crippen LogP contribution in [-0.2, 0) is 27.4 Å². The lowest BCUT2D eigenvalue weighted by Crippen LogP contribution is -2.29. The van der Waals surface area contributed by atoms with Gasteiger partial charge in [-0.25, -0.2) is 4.79 Å². The Morgan fingerprint density at radius 2 is 1.75 bits per heavy atom. The Hall–Kier alpha value is -4.31. The van der Waals surface area contributed by atoms with Crippen molar-refractivity contribution >= 4 is 40.4 Å². The number of hydrogen-bond acceptors (Lipinski definition) is 8. The van der Waals surface area contributed by atoms with Gasteiger partial charge >= 0.3 is 5.97 Å². The van der Waals surface area contributed by atoms with Gasteiger partial charge in [0.2, 0.25) is 5.91 Å². The zero-order valence-electron chi connectivity index (χ0n) is 19.5. The van der Waals surface area contributed by atoms with Crippen LogP contribution in [0.15, 0.2) is 89.3 Å². The van der Waals surface area contributed by atoms with E-state index in [0.717, 1.165) is 22.9 Å². The second-order valence-corrected chi connectivity index (χ2v) is 8.62. The van der Waals surface area contributed by atoms with Crippen molar-refractivity contribution in [1.82, 2.24) is 14.9 Å². The molecular weight excluding hydrogens is 478 g/mol. The second-order valence-electron chi connectivity index (χ2n) is 7.61. The van der Waals surface area contributed by atoms with Gasteiger partial charge in [-0.15, -0.1) is 0 Å². The van der Waals surface area contributed by atoms with Gasteiger partial charge in [-0.3, -0.25) is 29.4 Å². The predicted octanol–water partition coefficient (Wildman–Crippen LogP) is 3.81. The molecule has 0 spiro atoms. The minimum atomic E-state index is -0.468. The summed E-state index contributed by atoms with van der Waals surface area (Å²) in [7, 11) is 0. The standard InChI is InChI=1S/C26H23N5O4S/c1-2-35-25(34)20-7-9-21(10-8-20)30-23(32)13-22-24(33)31(17-19-6-4-12-28-15-19)26(36-22)29-16-18-5-3-11-27-14-18/h3-15H,2,16-17H2,1H3,(H,30,32)/b22-13+,29-26?. The van der Waals surface area contributed by atoms with Gasteiger partial charge in [-0.05, 0) is 66.2 Å². The molecule has 1 aliphatic rings. The molecule has 3 aromatic rings. The van der Waals surface area contributed by atoms with Crippen LogP contribution in [0.5, 0.6) is 0 Å². The normalized spacial score (nSPS) is 15.4. The number of aliphatic imine (C=N–C) groups is 1. The number of pyridine rings is 2. The lowest BCUT2D eigenvalue weighted by molar-refractivity contribution is -0.123. The number of anilines is 1. The first-order valence-corrected chi connectivity index (χ1v) is 12.0. The van der Waals surface area contributed by atoms with E-state index in [1.165, 1.54) is 11.0 Å². The van der Waals surface area contributed by atoms with Crippen LogP contribution in [0.4, 0.5) is 5.69 Å². The van der Waals surface area contributed by atoms with Crippen molar-refractivity contribution < 1.29 is 19.1 Å². The van der Waals surface area contributed by atoms with E-state index < -0.39 is 11.9 Å². The van der Waals surface area contributed by atoms with Gasteiger partial charge in [0.25, 0.3) is 5.91 Å². The summed E-state index contributed by atoms with van der Waals surface area (Å²) in [4.78, 5) is 52.3. The summed E-state index contributed by atoms with van der Waals surface area (Å²) in [5.41, 5.74) is 2.61. The molecule has 1 aliphatic heterocycles. The van der Waals surface area contributed by atoms with Gasteiger partial charge in [-0.2, -0.15) is 0 Å². The lowest BCUT2D eigenvalue weighted by Gasteiger charge is -2.15. The van der Waals surface area contributed by atoms with E-state index in [1.54, 1.807) is 62.0 Å². The lowest BCUT2D eigenvalue weighted by atomic mass is 10.2. The van der Waals surface area contributed by atoms with E-state index in [0.29, 0.717) is 23.0 Å². The molecule has 4 rings (SSSR count). The number of carbonyl (C=O) groups is 3. The van der Waals surface area contributed by atoms with E-state index in [2.05, 4.69) is 20.3 Å². The fraction of sp³-hybridized carbons (Fsp3) is 0.154. The molecule has 0 radical (unpaired) electrons. The molecule has 0 bridgehead atoms. The molecule has 1 saturated heterocycles. The topological polar surface area (TPSA) is 114 Å². The quantitative estimate of drug-likeness (QED) is 0.369. The second kappa shape index (κ2) is 11.9. The largest absolute Gasteiger partial charge is 0.462 e. The molecular formula is C26H23N5O4S. The van der Waals surface area contributed by atoms with Crippen molar-refractivity contribution in [3.8, 4) is 0 Å². The van der Waals surface area contributed by atoms with Crippen LogP contribution in [0.1, 0.15) is 28.4 Å². The number of thioether (sulfide) groups is 1. The van der Waals surface area contributed by atoms with Crippen LogP contribution in [0.2, 0.25) is 0 Å². The van der Waals surface area contributed by atoms with Crippen LogP contribution >= 0.6 is 11.8 Å². The Morgan fingerprint density at radius 1 is 1.06 bits per heavy atom. The summed E-state index contributed by atoms with van der Waals surface area (Å²) in [6.45, 7) is 2.64. The monoisotopic (exact) mass is 501 g/mol. The number of rotatable bonds is 8. The molecule has 10 heteroatoms. The maximum Gasteiger partial charge on any atom is 0.338 e. The highest BCUT2D eigenvalue weighted by molar-refractivity contribution is 8.18. The molecule has 0 atom stereocenters. The molecule has 3 heterocycles. The molecule has 1 N–H and O–H groups in total. The number of amidine groups is 1. The molecule has 1 aromatic carbocycles. The third kappa shape index (κ3) is 6.42. The average Bonchev–Trinajstić information content (AvgIpc) is 3.18. The van der Waals surface area contributed by atoms with Gasteiger partial charge in [0, 0.05) is 36.6 Å². The summed E-state index contributed by atoms with van der Waals surface area (Å²) >= 11 is 1.14. The number of benzene rings is 1. The van der Waals surface area contributed by atoms with Gasteiger partial charge in [0.05, 0.1) is 30.2 Å². The molecule has 2 aromatic heterocycles. The Balaban J connectivity index is 1.50. The van der Waals surface area contributed by atoms with Gasteiger partial charge in [-0.1, -0.05) is 12.1 Å². The summed E-state index contributed by atoms with van der Waals surface area (Å²) in [6.07, 6.45) is 8.01. The third-order valence-corrected chi connectivity index (χ3v) is 6.04. The highest BCUT2D eigenvalue weighted by Gasteiger charge is 2.34. The zero-order valence-corrected chi connectivity index (χ0v) is 20.3. The van der Waals surface area contributed by atoms with Gasteiger partial charge < -0.3 is 10.1 Å². The average molecular weight is 502 g/mol. The van der Waals surface area contributed by atoms with Crippen LogP contribution in [0, 0.1) is 0 Å². The maximum atomic E-state index is 13.2. The Labute approximate surface area is 212 Å². The maximum absolute atomic E-state index is 13.2. The van der Waals surface area contributed by atoms with Gasteiger partial charge in [0.15, 0.2) is 5.17 Å². The number of hydrogen-bond donors (Lipinski definition) is 1. The SMILES string of the molecule is CCOC(=O)c1ccc(NC(=O)/C=C2/SC(=NCc3cccnc3)N(Cc3cccnc3)C2=O)cc1. The zero-order chi connectivity index (χ0) is 25.3. The van der Waals surface area contributed by atoms with Crippen LogP contribution in [0.3, 0.4) is 0 Å². The number of ether oxygens (including phenoxy) is 1.